The third kappa shape index (κ3) is 3.08. The first-order valence-electron chi connectivity index (χ1n) is 7.17. The lowest BCUT2D eigenvalue weighted by molar-refractivity contribution is -0.138. The van der Waals surface area contributed by atoms with Gasteiger partial charge in [0.1, 0.15) is 5.82 Å². The first-order valence-corrected chi connectivity index (χ1v) is 7.17. The number of nitrogens with one attached hydrogen (secondary N) is 3. The van der Waals surface area contributed by atoms with Gasteiger partial charge in [-0.2, -0.15) is 0 Å². The molecule has 7 heteroatoms. The van der Waals surface area contributed by atoms with Crippen LogP contribution < -0.4 is 16.0 Å². The summed E-state index contributed by atoms with van der Waals surface area (Å²) in [6.07, 6.45) is 1.62. The average Bonchev–Trinajstić information content (AvgIpc) is 2.54. The highest BCUT2D eigenvalue weighted by molar-refractivity contribution is 5.92. The topological polar surface area (TPSA) is 103 Å². The highest BCUT2D eigenvalue weighted by Gasteiger charge is 2.18. The molecule has 7 nitrogen and oxygen atoms in total. The smallest absolute Gasteiger partial charge is 0.320 e. The molecule has 0 radical (unpaired) electrons. The third-order valence-corrected chi connectivity index (χ3v) is 3.77. The van der Waals surface area contributed by atoms with Gasteiger partial charge in [-0.25, -0.2) is 9.78 Å². The van der Waals surface area contributed by atoms with Gasteiger partial charge in [0.2, 0.25) is 0 Å². The molecule has 4 N–H and O–H groups in total. The Morgan fingerprint density at radius 3 is 2.74 bits per heavy atom. The molecule has 23 heavy (non-hydrogen) atoms. The number of pyridine rings is 1. The van der Waals surface area contributed by atoms with Crippen molar-refractivity contribution >= 4 is 29.2 Å². The molecule has 1 unspecified atom stereocenters. The molecule has 3 rings (SSSR count). The molecule has 2 aromatic rings. The zero-order valence-electron chi connectivity index (χ0n) is 12.5. The molecule has 1 aliphatic rings. The number of benzene rings is 1. The monoisotopic (exact) mass is 312 g/mol. The van der Waals surface area contributed by atoms with Gasteiger partial charge >= 0.3 is 12.0 Å². The van der Waals surface area contributed by atoms with Crippen LogP contribution in [-0.4, -0.2) is 22.1 Å². The summed E-state index contributed by atoms with van der Waals surface area (Å²) in [5.41, 5.74) is 3.28. The maximum absolute atomic E-state index is 11.3. The quantitative estimate of drug-likeness (QED) is 0.695. The van der Waals surface area contributed by atoms with E-state index in [4.69, 9.17) is 5.11 Å². The molecular weight excluding hydrogens is 296 g/mol. The molecule has 1 aromatic heterocycles. The number of aliphatic carboxylic acids is 1. The number of nitrogens with zero attached hydrogens (tertiary/aromatic N) is 1. The Kier molecular flexibility index (Phi) is 3.84. The predicted molar refractivity (Wildman–Crippen MR) is 85.9 cm³/mol. The van der Waals surface area contributed by atoms with Crippen LogP contribution in [0.1, 0.15) is 24.0 Å². The number of carboxylic acid groups (broad SMARTS) is 1. The van der Waals surface area contributed by atoms with E-state index in [-0.39, 0.29) is 6.03 Å². The number of carboxylic acids is 1. The number of anilines is 3. The highest BCUT2D eigenvalue weighted by atomic mass is 16.4. The van der Waals surface area contributed by atoms with Crippen molar-refractivity contribution < 1.29 is 14.7 Å². The lowest BCUT2D eigenvalue weighted by Crippen LogP contribution is -2.34. The summed E-state index contributed by atoms with van der Waals surface area (Å²) in [6, 6.07) is 8.79. The molecule has 2 amide bonds. The predicted octanol–water partition coefficient (Wildman–Crippen LogP) is 2.65. The van der Waals surface area contributed by atoms with Gasteiger partial charge in [-0.3, -0.25) is 10.1 Å². The summed E-state index contributed by atoms with van der Waals surface area (Å²) in [6.45, 7) is 2.05. The SMILES string of the molecule is CC(C(=O)O)c1ccc(Nc2ccnc3c2CNC(=O)N3)cc1. The van der Waals surface area contributed by atoms with Gasteiger partial charge in [0, 0.05) is 23.1 Å². The minimum atomic E-state index is -0.851. The van der Waals surface area contributed by atoms with Crippen LogP contribution in [0.2, 0.25) is 0 Å². The molecular formula is C16H16N4O3. The Balaban J connectivity index is 1.82. The summed E-state index contributed by atoms with van der Waals surface area (Å²) in [5, 5.41) is 17.7. The molecule has 1 aromatic carbocycles. The number of urea groups is 1. The number of amides is 2. The van der Waals surface area contributed by atoms with E-state index in [9.17, 15) is 9.59 Å². The van der Waals surface area contributed by atoms with Crippen molar-refractivity contribution in [1.82, 2.24) is 10.3 Å². The zero-order chi connectivity index (χ0) is 16.4. The van der Waals surface area contributed by atoms with E-state index in [0.717, 1.165) is 22.5 Å². The van der Waals surface area contributed by atoms with Gasteiger partial charge in [0.05, 0.1) is 12.5 Å². The van der Waals surface area contributed by atoms with Gasteiger partial charge in [0.25, 0.3) is 0 Å². The summed E-state index contributed by atoms with van der Waals surface area (Å²) in [5.74, 6) is -0.859. The largest absolute Gasteiger partial charge is 0.481 e. The number of carbonyl (C=O) groups excluding carboxylic acids is 1. The van der Waals surface area contributed by atoms with Crippen LogP contribution in [0, 0.1) is 0 Å². The Labute approximate surface area is 132 Å². The fourth-order valence-electron chi connectivity index (χ4n) is 2.37. The molecule has 0 bridgehead atoms. The van der Waals surface area contributed by atoms with E-state index in [1.54, 1.807) is 25.3 Å². The molecule has 0 saturated heterocycles. The van der Waals surface area contributed by atoms with E-state index in [0.29, 0.717) is 12.4 Å². The summed E-state index contributed by atoms with van der Waals surface area (Å²) < 4.78 is 0. The Morgan fingerprint density at radius 2 is 2.04 bits per heavy atom. The van der Waals surface area contributed by atoms with Gasteiger partial charge in [0.15, 0.2) is 0 Å². The second-order valence-electron chi connectivity index (χ2n) is 5.30. The van der Waals surface area contributed by atoms with E-state index in [1.807, 2.05) is 18.2 Å². The Hall–Kier alpha value is -3.09. The van der Waals surface area contributed by atoms with Crippen molar-refractivity contribution in [2.45, 2.75) is 19.4 Å². The molecule has 0 aliphatic carbocycles. The molecule has 0 fully saturated rings. The van der Waals surface area contributed by atoms with Crippen LogP contribution >= 0.6 is 0 Å². The zero-order valence-corrected chi connectivity index (χ0v) is 12.5. The average molecular weight is 312 g/mol. The van der Waals surface area contributed by atoms with Crippen molar-refractivity contribution in [2.24, 2.45) is 0 Å². The van der Waals surface area contributed by atoms with Crippen molar-refractivity contribution in [1.29, 1.82) is 0 Å². The van der Waals surface area contributed by atoms with Gasteiger partial charge in [-0.15, -0.1) is 0 Å². The van der Waals surface area contributed by atoms with Crippen molar-refractivity contribution in [3.05, 3.63) is 47.7 Å². The fourth-order valence-corrected chi connectivity index (χ4v) is 2.37. The number of rotatable bonds is 4. The highest BCUT2D eigenvalue weighted by Crippen LogP contribution is 2.28. The number of fused-ring (bicyclic) bond motifs is 1. The lowest BCUT2D eigenvalue weighted by atomic mass is 10.0. The normalized spacial score (nSPS) is 14.2. The first kappa shape index (κ1) is 14.8. The maximum Gasteiger partial charge on any atom is 0.320 e. The molecule has 1 atom stereocenters. The molecule has 0 spiro atoms. The van der Waals surface area contributed by atoms with Crippen molar-refractivity contribution in [3.63, 3.8) is 0 Å². The molecule has 0 saturated carbocycles. The minimum Gasteiger partial charge on any atom is -0.481 e. The van der Waals surface area contributed by atoms with Crippen molar-refractivity contribution in [3.8, 4) is 0 Å². The van der Waals surface area contributed by atoms with E-state index >= 15 is 0 Å². The first-order chi connectivity index (χ1) is 11.0. The fraction of sp³-hybridized carbons (Fsp3) is 0.188. The number of hydrogen-bond acceptors (Lipinski definition) is 4. The van der Waals surface area contributed by atoms with E-state index in [1.165, 1.54) is 0 Å². The molecule has 2 heterocycles. The van der Waals surface area contributed by atoms with Gasteiger partial charge in [-0.05, 0) is 30.7 Å². The van der Waals surface area contributed by atoms with E-state index in [2.05, 4.69) is 20.9 Å². The van der Waals surface area contributed by atoms with Crippen LogP contribution in [0.5, 0.6) is 0 Å². The van der Waals surface area contributed by atoms with Crippen LogP contribution in [0.15, 0.2) is 36.5 Å². The van der Waals surface area contributed by atoms with Crippen molar-refractivity contribution in [2.75, 3.05) is 10.6 Å². The molecule has 1 aliphatic heterocycles. The second kappa shape index (κ2) is 5.96. The van der Waals surface area contributed by atoms with Crippen LogP contribution in [-0.2, 0) is 11.3 Å². The molecule has 118 valence electrons. The number of carbonyl (C=O) groups is 2. The maximum atomic E-state index is 11.3. The second-order valence-corrected chi connectivity index (χ2v) is 5.30. The summed E-state index contributed by atoms with van der Waals surface area (Å²) in [4.78, 5) is 26.5. The van der Waals surface area contributed by atoms with Crippen LogP contribution in [0.25, 0.3) is 0 Å². The third-order valence-electron chi connectivity index (χ3n) is 3.77. The summed E-state index contributed by atoms with van der Waals surface area (Å²) in [7, 11) is 0. The van der Waals surface area contributed by atoms with E-state index < -0.39 is 11.9 Å². The minimum absolute atomic E-state index is 0.269. The number of hydrogen-bond donors (Lipinski definition) is 4. The standard InChI is InChI=1S/C16H16N4O3/c1-9(15(21)22)10-2-4-11(5-3-10)19-13-6-7-17-14-12(13)8-18-16(23)20-14/h2-7,9H,8H2,1H3,(H,21,22)(H3,17,18,19,20,23). The van der Waals surface area contributed by atoms with Gasteiger partial charge in [-0.1, -0.05) is 12.1 Å². The lowest BCUT2D eigenvalue weighted by Gasteiger charge is -2.20. The summed E-state index contributed by atoms with van der Waals surface area (Å²) >= 11 is 0. The van der Waals surface area contributed by atoms with Crippen LogP contribution in [0.4, 0.5) is 22.0 Å². The Morgan fingerprint density at radius 1 is 1.30 bits per heavy atom. The number of aromatic nitrogens is 1. The van der Waals surface area contributed by atoms with Crippen LogP contribution in [0.3, 0.4) is 0 Å². The Bertz CT molecular complexity index is 758. The van der Waals surface area contributed by atoms with Gasteiger partial charge < -0.3 is 15.7 Å².